The number of anilines is 1. The first-order valence-corrected chi connectivity index (χ1v) is 12.0. The highest BCUT2D eigenvalue weighted by atomic mass is 79.9. The molecule has 176 valence electrons. The number of aryl methyl sites for hydroxylation is 1. The Kier molecular flexibility index (Phi) is 6.08. The summed E-state index contributed by atoms with van der Waals surface area (Å²) in [6, 6.07) is 13.8. The number of fused-ring (bicyclic) bond motifs is 1. The third-order valence-electron chi connectivity index (χ3n) is 6.05. The van der Waals surface area contributed by atoms with Crippen molar-refractivity contribution in [3.63, 3.8) is 0 Å². The van der Waals surface area contributed by atoms with Crippen LogP contribution in [0.3, 0.4) is 0 Å². The number of carbonyl (C=O) groups excluding carboxylic acids is 2. The molecule has 3 heterocycles. The minimum Gasteiger partial charge on any atom is -0.358 e. The van der Waals surface area contributed by atoms with E-state index in [-0.39, 0.29) is 11.8 Å². The molecule has 3 N–H and O–H groups in total. The highest BCUT2D eigenvalue weighted by molar-refractivity contribution is 9.10. The molecular weight excluding hydrogens is 508 g/mol. The Morgan fingerprint density at radius 1 is 1.20 bits per heavy atom. The minimum absolute atomic E-state index is 0.173. The maximum atomic E-state index is 13.0. The van der Waals surface area contributed by atoms with Crippen LogP contribution in [0.1, 0.15) is 32.9 Å². The van der Waals surface area contributed by atoms with E-state index < -0.39 is 0 Å². The van der Waals surface area contributed by atoms with E-state index in [1.165, 1.54) is 0 Å². The van der Waals surface area contributed by atoms with Gasteiger partial charge in [-0.1, -0.05) is 45.4 Å². The molecule has 0 atom stereocenters. The molecule has 8 nitrogen and oxygen atoms in total. The van der Waals surface area contributed by atoms with E-state index in [1.54, 1.807) is 17.1 Å². The molecule has 2 amide bonds. The lowest BCUT2D eigenvalue weighted by atomic mass is 9.94. The predicted molar refractivity (Wildman–Crippen MR) is 139 cm³/mol. The van der Waals surface area contributed by atoms with Crippen molar-refractivity contribution >= 4 is 45.1 Å². The molecule has 4 aromatic rings. The van der Waals surface area contributed by atoms with Gasteiger partial charge in [0.05, 0.1) is 23.9 Å². The maximum absolute atomic E-state index is 13.0. The van der Waals surface area contributed by atoms with Crippen LogP contribution in [0.4, 0.5) is 5.69 Å². The minimum atomic E-state index is -0.174. The topological polar surface area (TPSA) is 105 Å². The summed E-state index contributed by atoms with van der Waals surface area (Å²) in [5, 5.41) is 13.6. The lowest BCUT2D eigenvalue weighted by Gasteiger charge is -2.09. The van der Waals surface area contributed by atoms with Crippen molar-refractivity contribution < 1.29 is 9.59 Å². The SMILES string of the molecule is Cc1[nH]c(C=C2C(=O)Nc3cccc(-c4cccc(Br)c4)c32)c(C)c1C(=O)NCCn1ccnn1. The number of aromatic nitrogens is 4. The van der Waals surface area contributed by atoms with Gasteiger partial charge < -0.3 is 15.6 Å². The molecular formula is C26H23BrN6O2. The summed E-state index contributed by atoms with van der Waals surface area (Å²) in [6.45, 7) is 4.70. The van der Waals surface area contributed by atoms with Crippen molar-refractivity contribution in [3.05, 3.63) is 87.4 Å². The lowest BCUT2D eigenvalue weighted by Crippen LogP contribution is -2.28. The molecule has 9 heteroatoms. The third kappa shape index (κ3) is 4.42. The average molecular weight is 531 g/mol. The number of hydrogen-bond donors (Lipinski definition) is 3. The summed E-state index contributed by atoms with van der Waals surface area (Å²) < 4.78 is 2.62. The Labute approximate surface area is 210 Å². The summed E-state index contributed by atoms with van der Waals surface area (Å²) in [7, 11) is 0. The van der Waals surface area contributed by atoms with Crippen molar-refractivity contribution in [2.45, 2.75) is 20.4 Å². The normalized spacial score (nSPS) is 13.7. The van der Waals surface area contributed by atoms with E-state index in [0.29, 0.717) is 24.2 Å². The van der Waals surface area contributed by atoms with E-state index in [2.05, 4.69) is 41.9 Å². The number of rotatable bonds is 6. The van der Waals surface area contributed by atoms with Gasteiger partial charge in [0, 0.05) is 39.9 Å². The second kappa shape index (κ2) is 9.34. The number of H-pyrrole nitrogens is 1. The van der Waals surface area contributed by atoms with Gasteiger partial charge in [0.2, 0.25) is 0 Å². The zero-order valence-electron chi connectivity index (χ0n) is 19.2. The number of benzene rings is 2. The van der Waals surface area contributed by atoms with E-state index in [9.17, 15) is 9.59 Å². The maximum Gasteiger partial charge on any atom is 0.256 e. The Hall–Kier alpha value is -3.98. The van der Waals surface area contributed by atoms with Crippen molar-refractivity contribution in [1.82, 2.24) is 25.3 Å². The molecule has 0 unspecified atom stereocenters. The molecule has 0 fully saturated rings. The number of amides is 2. The molecule has 0 saturated carbocycles. The van der Waals surface area contributed by atoms with Crippen LogP contribution in [0.15, 0.2) is 59.3 Å². The van der Waals surface area contributed by atoms with Crippen molar-refractivity contribution in [3.8, 4) is 11.1 Å². The number of aromatic amines is 1. The summed E-state index contributed by atoms with van der Waals surface area (Å²) in [5.41, 5.74) is 6.97. The molecule has 0 spiro atoms. The fraction of sp³-hybridized carbons (Fsp3) is 0.154. The van der Waals surface area contributed by atoms with Crippen molar-refractivity contribution in [2.24, 2.45) is 0 Å². The van der Waals surface area contributed by atoms with Crippen LogP contribution >= 0.6 is 15.9 Å². The van der Waals surface area contributed by atoms with Crippen LogP contribution in [-0.2, 0) is 11.3 Å². The summed E-state index contributed by atoms with van der Waals surface area (Å²) in [4.78, 5) is 29.2. The van der Waals surface area contributed by atoms with Crippen LogP contribution in [0.25, 0.3) is 22.8 Å². The average Bonchev–Trinajstić information content (AvgIpc) is 3.52. The fourth-order valence-electron chi connectivity index (χ4n) is 4.41. The van der Waals surface area contributed by atoms with Gasteiger partial charge in [-0.25, -0.2) is 0 Å². The van der Waals surface area contributed by atoms with Crippen LogP contribution in [0, 0.1) is 13.8 Å². The number of hydrogen-bond acceptors (Lipinski definition) is 4. The van der Waals surface area contributed by atoms with Gasteiger partial charge in [-0.05, 0) is 54.8 Å². The van der Waals surface area contributed by atoms with E-state index in [1.807, 2.05) is 62.4 Å². The highest BCUT2D eigenvalue weighted by Crippen LogP contribution is 2.41. The molecule has 0 aliphatic carbocycles. The van der Waals surface area contributed by atoms with Gasteiger partial charge >= 0.3 is 0 Å². The predicted octanol–water partition coefficient (Wildman–Crippen LogP) is 4.58. The molecule has 0 bridgehead atoms. The first kappa shape index (κ1) is 22.8. The van der Waals surface area contributed by atoms with E-state index in [0.717, 1.165) is 43.8 Å². The lowest BCUT2D eigenvalue weighted by molar-refractivity contribution is -0.110. The first-order valence-electron chi connectivity index (χ1n) is 11.2. The van der Waals surface area contributed by atoms with Crippen LogP contribution in [0.5, 0.6) is 0 Å². The summed E-state index contributed by atoms with van der Waals surface area (Å²) in [5.74, 6) is -0.347. The van der Waals surface area contributed by atoms with Gasteiger partial charge in [0.25, 0.3) is 11.8 Å². The fourth-order valence-corrected chi connectivity index (χ4v) is 4.81. The van der Waals surface area contributed by atoms with Gasteiger partial charge in [0.1, 0.15) is 0 Å². The molecule has 1 aliphatic heterocycles. The zero-order valence-corrected chi connectivity index (χ0v) is 20.8. The van der Waals surface area contributed by atoms with Crippen molar-refractivity contribution in [2.75, 3.05) is 11.9 Å². The molecule has 0 radical (unpaired) electrons. The van der Waals surface area contributed by atoms with E-state index in [4.69, 9.17) is 0 Å². The number of halogens is 1. The van der Waals surface area contributed by atoms with Crippen LogP contribution in [-0.4, -0.2) is 38.3 Å². The number of nitrogens with zero attached hydrogens (tertiary/aromatic N) is 3. The van der Waals surface area contributed by atoms with Crippen LogP contribution < -0.4 is 10.6 Å². The van der Waals surface area contributed by atoms with Gasteiger partial charge in [-0.3, -0.25) is 14.3 Å². The third-order valence-corrected chi connectivity index (χ3v) is 6.55. The molecule has 35 heavy (non-hydrogen) atoms. The second-order valence-electron chi connectivity index (χ2n) is 8.34. The number of carbonyl (C=O) groups is 2. The largest absolute Gasteiger partial charge is 0.358 e. The summed E-state index contributed by atoms with van der Waals surface area (Å²) >= 11 is 3.54. The van der Waals surface area contributed by atoms with Gasteiger partial charge in [-0.15, -0.1) is 5.10 Å². The highest BCUT2D eigenvalue weighted by Gasteiger charge is 2.28. The molecule has 2 aromatic heterocycles. The smallest absolute Gasteiger partial charge is 0.256 e. The Morgan fingerprint density at radius 3 is 2.80 bits per heavy atom. The molecule has 2 aromatic carbocycles. The Balaban J connectivity index is 1.47. The Bertz CT molecular complexity index is 1470. The molecule has 1 aliphatic rings. The summed E-state index contributed by atoms with van der Waals surface area (Å²) in [6.07, 6.45) is 5.18. The Morgan fingerprint density at radius 2 is 2.03 bits per heavy atom. The molecule has 5 rings (SSSR count). The zero-order chi connectivity index (χ0) is 24.5. The second-order valence-corrected chi connectivity index (χ2v) is 9.25. The monoisotopic (exact) mass is 530 g/mol. The van der Waals surface area contributed by atoms with Crippen LogP contribution in [0.2, 0.25) is 0 Å². The quantitative estimate of drug-likeness (QED) is 0.317. The number of nitrogens with one attached hydrogen (secondary N) is 3. The van der Waals surface area contributed by atoms with Gasteiger partial charge in [0.15, 0.2) is 0 Å². The van der Waals surface area contributed by atoms with Crippen molar-refractivity contribution in [1.29, 1.82) is 0 Å². The first-order chi connectivity index (χ1) is 16.9. The standard InChI is InChI=1S/C26H23BrN6O2/c1-15-22(30-16(2)23(15)26(35)28-9-11-33-12-10-29-32-33)14-20-24-19(17-5-3-6-18(27)13-17)7-4-8-21(24)31-25(20)34/h3-8,10,12-14,30H,9,11H2,1-2H3,(H,28,35)(H,31,34). The van der Waals surface area contributed by atoms with E-state index >= 15 is 0 Å². The van der Waals surface area contributed by atoms with Gasteiger partial charge in [-0.2, -0.15) is 0 Å². The molecule has 0 saturated heterocycles.